The van der Waals surface area contributed by atoms with Gasteiger partial charge in [-0.15, -0.1) is 8.80 Å². The number of anilines is 1. The number of benzene rings is 1. The zero-order valence-corrected chi connectivity index (χ0v) is 20.8. The molecule has 1 aromatic carbocycles. The Hall–Kier alpha value is -2.69. The number of phenolic OH excluding ortho intramolecular Hbond substituents is 1. The third-order valence-electron chi connectivity index (χ3n) is 5.96. The van der Waals surface area contributed by atoms with Gasteiger partial charge in [0.1, 0.15) is 29.6 Å². The van der Waals surface area contributed by atoms with Crippen molar-refractivity contribution in [3.05, 3.63) is 46.4 Å². The van der Waals surface area contributed by atoms with Gasteiger partial charge in [0.15, 0.2) is 11.7 Å². The summed E-state index contributed by atoms with van der Waals surface area (Å²) in [6.45, 7) is 9.99. The minimum absolute atomic E-state index is 0.0769. The van der Waals surface area contributed by atoms with Crippen molar-refractivity contribution in [3.63, 3.8) is 0 Å². The zero-order valence-electron chi connectivity index (χ0n) is 20.0. The fourth-order valence-electron chi connectivity index (χ4n) is 3.91. The Kier molecular flexibility index (Phi) is 6.35. The second kappa shape index (κ2) is 8.92. The maximum absolute atomic E-state index is 12.2. The van der Waals surface area contributed by atoms with Crippen LogP contribution in [-0.2, 0) is 15.9 Å². The van der Waals surface area contributed by atoms with E-state index >= 15 is 0 Å². The Morgan fingerprint density at radius 3 is 2.39 bits per heavy atom. The van der Waals surface area contributed by atoms with Crippen LogP contribution < -0.4 is 10.6 Å². The highest BCUT2D eigenvalue weighted by molar-refractivity contribution is 7.83. The number of nitrogens with zero attached hydrogens (tertiary/aromatic N) is 3. The molecule has 178 valence electrons. The Labute approximate surface area is 196 Å². The fourth-order valence-corrected chi connectivity index (χ4v) is 4.54. The lowest BCUT2D eigenvalue weighted by Crippen LogP contribution is -2.38. The van der Waals surface area contributed by atoms with E-state index in [1.54, 1.807) is 6.07 Å². The molecule has 0 radical (unpaired) electrons. The molecule has 2 aliphatic heterocycles. The molecule has 1 saturated heterocycles. The van der Waals surface area contributed by atoms with Gasteiger partial charge in [0.05, 0.1) is 11.7 Å². The molecule has 3 unspecified atom stereocenters. The van der Waals surface area contributed by atoms with Gasteiger partial charge in [0, 0.05) is 5.56 Å². The number of hydrogen-bond donors (Lipinski definition) is 3. The van der Waals surface area contributed by atoms with Gasteiger partial charge in [-0.3, -0.25) is 4.90 Å². The monoisotopic (exact) mass is 473 g/mol. The number of likely N-dealkylation sites (N-methyl/N-ethyl adjacent to an activating group) is 1. The molecular formula is C23H31N5O4S. The third-order valence-corrected chi connectivity index (χ3v) is 6.64. The zero-order chi connectivity index (χ0) is 24.0. The summed E-state index contributed by atoms with van der Waals surface area (Å²) >= 11 is -1.76. The molecular weight excluding hydrogens is 442 g/mol. The SMILES string of the molecule is Cc1cc([C@H](NC2=NS(=O)N=C2Nc2ccc(C)c(C3OC3N(C)C)c2O)C(C)C)oc1C. The van der Waals surface area contributed by atoms with Crippen LogP contribution in [0.2, 0.25) is 0 Å². The lowest BCUT2D eigenvalue weighted by Gasteiger charge is -2.22. The number of hydrogen-bond acceptors (Lipinski definition) is 7. The number of phenols is 1. The molecule has 2 aromatic rings. The Bertz CT molecular complexity index is 1130. The highest BCUT2D eigenvalue weighted by Gasteiger charge is 2.44. The van der Waals surface area contributed by atoms with E-state index in [1.807, 2.05) is 51.9 Å². The van der Waals surface area contributed by atoms with Crippen molar-refractivity contribution in [1.82, 2.24) is 10.2 Å². The van der Waals surface area contributed by atoms with Crippen LogP contribution >= 0.6 is 0 Å². The number of nitrogens with one attached hydrogen (secondary N) is 2. The molecule has 2 aliphatic rings. The number of ether oxygens (including phenoxy) is 1. The van der Waals surface area contributed by atoms with Crippen molar-refractivity contribution < 1.29 is 18.5 Å². The first-order valence-corrected chi connectivity index (χ1v) is 12.0. The van der Waals surface area contributed by atoms with Crippen LogP contribution in [0.5, 0.6) is 5.75 Å². The van der Waals surface area contributed by atoms with Gasteiger partial charge < -0.3 is 24.9 Å². The van der Waals surface area contributed by atoms with Crippen LogP contribution in [0.25, 0.3) is 0 Å². The largest absolute Gasteiger partial charge is 0.505 e. The van der Waals surface area contributed by atoms with Crippen molar-refractivity contribution >= 4 is 28.5 Å². The van der Waals surface area contributed by atoms with Crippen LogP contribution in [0.1, 0.15) is 54.2 Å². The summed E-state index contributed by atoms with van der Waals surface area (Å²) in [4.78, 5) is 1.96. The van der Waals surface area contributed by atoms with Gasteiger partial charge in [-0.1, -0.05) is 19.9 Å². The summed E-state index contributed by atoms with van der Waals surface area (Å²) in [5, 5.41) is 17.4. The standard InChI is InChI=1S/C23H31N5O4S/c1-11(2)18(16-10-13(4)14(5)31-16)25-22-21(26-33(30)27-22)24-15-9-8-12(3)17(19(15)29)20-23(32-20)28(6)7/h8-11,18,20,23,29H,1-7H3,(H,24,26)(H,25,27)/t18-,20?,23?,33?/m1/s1. The average Bonchev–Trinajstić information content (AvgIpc) is 3.34. The molecule has 4 atom stereocenters. The third kappa shape index (κ3) is 4.68. The second-order valence-corrected chi connectivity index (χ2v) is 9.92. The molecule has 3 heterocycles. The number of aryl methyl sites for hydroxylation is 3. The van der Waals surface area contributed by atoms with Gasteiger partial charge in [0.2, 0.25) is 0 Å². The number of amidine groups is 2. The maximum atomic E-state index is 12.2. The summed E-state index contributed by atoms with van der Waals surface area (Å²) in [6.07, 6.45) is -0.282. The summed E-state index contributed by atoms with van der Waals surface area (Å²) in [5.41, 5.74) is 3.17. The smallest absolute Gasteiger partial charge is 0.269 e. The minimum atomic E-state index is -1.76. The summed E-state index contributed by atoms with van der Waals surface area (Å²) in [6, 6.07) is 5.48. The molecule has 10 heteroatoms. The van der Waals surface area contributed by atoms with Gasteiger partial charge in [-0.05, 0) is 64.0 Å². The average molecular weight is 474 g/mol. The molecule has 1 fully saturated rings. The van der Waals surface area contributed by atoms with Crippen molar-refractivity contribution in [2.75, 3.05) is 19.4 Å². The van der Waals surface area contributed by atoms with E-state index in [9.17, 15) is 9.32 Å². The van der Waals surface area contributed by atoms with Gasteiger partial charge in [-0.25, -0.2) is 4.21 Å². The first-order chi connectivity index (χ1) is 15.6. The fraction of sp³-hybridized carbons (Fsp3) is 0.478. The summed E-state index contributed by atoms with van der Waals surface area (Å²) in [5.74, 6) is 2.54. The molecule has 1 aromatic heterocycles. The van der Waals surface area contributed by atoms with Crippen molar-refractivity contribution in [1.29, 1.82) is 0 Å². The van der Waals surface area contributed by atoms with E-state index in [1.165, 1.54) is 0 Å². The van der Waals surface area contributed by atoms with Gasteiger partial charge in [-0.2, -0.15) is 0 Å². The molecule has 9 nitrogen and oxygen atoms in total. The summed E-state index contributed by atoms with van der Waals surface area (Å²) in [7, 11) is 3.87. The quantitative estimate of drug-likeness (QED) is 0.433. The number of aromatic hydroxyl groups is 1. The normalized spacial score (nSPS) is 23.0. The number of rotatable bonds is 6. The van der Waals surface area contributed by atoms with E-state index in [2.05, 4.69) is 33.3 Å². The van der Waals surface area contributed by atoms with Crippen molar-refractivity contribution in [3.8, 4) is 5.75 Å². The van der Waals surface area contributed by atoms with Crippen LogP contribution in [-0.4, -0.2) is 46.2 Å². The predicted molar refractivity (Wildman–Crippen MR) is 130 cm³/mol. The molecule has 3 N–H and O–H groups in total. The first-order valence-electron chi connectivity index (χ1n) is 10.9. The molecule has 0 aliphatic carbocycles. The van der Waals surface area contributed by atoms with E-state index in [-0.39, 0.29) is 30.0 Å². The van der Waals surface area contributed by atoms with Crippen LogP contribution in [0.4, 0.5) is 5.69 Å². The lowest BCUT2D eigenvalue weighted by molar-refractivity contribution is 0.244. The molecule has 0 spiro atoms. The highest BCUT2D eigenvalue weighted by atomic mass is 32.2. The maximum Gasteiger partial charge on any atom is 0.269 e. The Morgan fingerprint density at radius 1 is 1.12 bits per heavy atom. The van der Waals surface area contributed by atoms with Crippen LogP contribution in [0.15, 0.2) is 31.4 Å². The Morgan fingerprint density at radius 2 is 1.82 bits per heavy atom. The van der Waals surface area contributed by atoms with E-state index in [0.717, 1.165) is 28.2 Å². The first kappa shape index (κ1) is 23.5. The van der Waals surface area contributed by atoms with Crippen molar-refractivity contribution in [2.24, 2.45) is 14.7 Å². The molecule has 0 bridgehead atoms. The van der Waals surface area contributed by atoms with Gasteiger partial charge >= 0.3 is 0 Å². The van der Waals surface area contributed by atoms with Crippen molar-refractivity contribution in [2.45, 2.75) is 53.0 Å². The molecule has 0 amide bonds. The Balaban J connectivity index is 1.58. The van der Waals surface area contributed by atoms with E-state index in [4.69, 9.17) is 9.15 Å². The number of epoxide rings is 1. The van der Waals surface area contributed by atoms with E-state index < -0.39 is 11.2 Å². The van der Waals surface area contributed by atoms with Crippen LogP contribution in [0, 0.1) is 26.7 Å². The lowest BCUT2D eigenvalue weighted by atomic mass is 10.0. The molecule has 33 heavy (non-hydrogen) atoms. The van der Waals surface area contributed by atoms with Gasteiger partial charge in [0.25, 0.3) is 11.2 Å². The number of furan rings is 1. The molecule has 0 saturated carbocycles. The topological polar surface area (TPSA) is 115 Å². The molecule has 4 rings (SSSR count). The minimum Gasteiger partial charge on any atom is -0.505 e. The summed E-state index contributed by atoms with van der Waals surface area (Å²) < 4.78 is 32.1. The predicted octanol–water partition coefficient (Wildman–Crippen LogP) is 3.66. The van der Waals surface area contributed by atoms with Crippen LogP contribution in [0.3, 0.4) is 0 Å². The second-order valence-electron chi connectivity index (χ2n) is 9.09. The highest BCUT2D eigenvalue weighted by Crippen LogP contribution is 2.47. The van der Waals surface area contributed by atoms with E-state index in [0.29, 0.717) is 17.4 Å².